The van der Waals surface area contributed by atoms with Gasteiger partial charge in [0, 0.05) is 16.9 Å². The quantitative estimate of drug-likeness (QED) is 0.842. The Morgan fingerprint density at radius 1 is 1.29 bits per heavy atom. The molecule has 0 radical (unpaired) electrons. The van der Waals surface area contributed by atoms with Crippen molar-refractivity contribution in [2.75, 3.05) is 5.32 Å². The van der Waals surface area contributed by atoms with Crippen molar-refractivity contribution < 1.29 is 4.79 Å². The minimum atomic E-state index is 0.520. The van der Waals surface area contributed by atoms with E-state index in [-0.39, 0.29) is 0 Å². The van der Waals surface area contributed by atoms with Crippen molar-refractivity contribution in [1.82, 2.24) is 4.98 Å². The first-order valence-corrected chi connectivity index (χ1v) is 5.52. The molecule has 3 nitrogen and oxygen atoms in total. The van der Waals surface area contributed by atoms with Gasteiger partial charge in [-0.25, -0.2) is 4.98 Å². The van der Waals surface area contributed by atoms with Crippen molar-refractivity contribution in [2.24, 2.45) is 0 Å². The van der Waals surface area contributed by atoms with E-state index < -0.39 is 0 Å². The van der Waals surface area contributed by atoms with E-state index in [2.05, 4.69) is 10.3 Å². The number of benzene rings is 1. The zero-order valence-corrected chi connectivity index (χ0v) is 10.0. The van der Waals surface area contributed by atoms with Crippen molar-refractivity contribution in [3.63, 3.8) is 0 Å². The minimum Gasteiger partial charge on any atom is -0.339 e. The van der Waals surface area contributed by atoms with Crippen LogP contribution in [0.4, 0.5) is 11.5 Å². The van der Waals surface area contributed by atoms with Gasteiger partial charge in [-0.05, 0) is 36.8 Å². The number of carbonyl (C=O) groups excluding carboxylic acids is 1. The van der Waals surface area contributed by atoms with Gasteiger partial charge in [-0.2, -0.15) is 0 Å². The van der Waals surface area contributed by atoms with E-state index >= 15 is 0 Å². The minimum absolute atomic E-state index is 0.520. The molecule has 0 aliphatic carbocycles. The molecule has 1 heterocycles. The summed E-state index contributed by atoms with van der Waals surface area (Å²) in [5.41, 5.74) is 2.29. The number of nitrogens with one attached hydrogen (secondary N) is 1. The summed E-state index contributed by atoms with van der Waals surface area (Å²) < 4.78 is 0. The molecule has 17 heavy (non-hydrogen) atoms. The van der Waals surface area contributed by atoms with Gasteiger partial charge in [0.1, 0.15) is 5.82 Å². The van der Waals surface area contributed by atoms with Gasteiger partial charge in [-0.3, -0.25) is 4.79 Å². The van der Waals surface area contributed by atoms with Crippen LogP contribution in [0.1, 0.15) is 15.9 Å². The molecule has 2 rings (SSSR count). The predicted molar refractivity (Wildman–Crippen MR) is 69.1 cm³/mol. The lowest BCUT2D eigenvalue weighted by Crippen LogP contribution is -1.99. The van der Waals surface area contributed by atoms with Crippen LogP contribution in [0, 0.1) is 6.92 Å². The molecule has 0 bridgehead atoms. The number of rotatable bonds is 3. The van der Waals surface area contributed by atoms with Crippen LogP contribution in [-0.4, -0.2) is 11.3 Å². The molecule has 0 unspecified atom stereocenters. The van der Waals surface area contributed by atoms with Crippen LogP contribution >= 0.6 is 11.6 Å². The first-order chi connectivity index (χ1) is 8.22. The molecule has 0 fully saturated rings. The Morgan fingerprint density at radius 2 is 2.12 bits per heavy atom. The van der Waals surface area contributed by atoms with Gasteiger partial charge in [-0.1, -0.05) is 17.7 Å². The van der Waals surface area contributed by atoms with Crippen LogP contribution in [0.5, 0.6) is 0 Å². The Bertz CT molecular complexity index is 555. The summed E-state index contributed by atoms with van der Waals surface area (Å²) in [6, 6.07) is 8.99. The Balaban J connectivity index is 2.38. The van der Waals surface area contributed by atoms with Crippen molar-refractivity contribution in [2.45, 2.75) is 6.92 Å². The van der Waals surface area contributed by atoms with Crippen LogP contribution in [-0.2, 0) is 0 Å². The van der Waals surface area contributed by atoms with Crippen LogP contribution in [0.3, 0.4) is 0 Å². The van der Waals surface area contributed by atoms with Gasteiger partial charge in [0.2, 0.25) is 0 Å². The number of halogens is 1. The van der Waals surface area contributed by atoms with E-state index in [1.165, 1.54) is 0 Å². The van der Waals surface area contributed by atoms with E-state index in [1.807, 2.05) is 25.1 Å². The van der Waals surface area contributed by atoms with Crippen molar-refractivity contribution in [3.8, 4) is 0 Å². The molecule has 0 spiro atoms. The Morgan fingerprint density at radius 3 is 2.88 bits per heavy atom. The summed E-state index contributed by atoms with van der Waals surface area (Å²) in [6.07, 6.45) is 2.41. The second kappa shape index (κ2) is 4.97. The van der Waals surface area contributed by atoms with Crippen LogP contribution in [0.2, 0.25) is 5.02 Å². The number of aromatic nitrogens is 1. The first-order valence-electron chi connectivity index (χ1n) is 5.14. The second-order valence-corrected chi connectivity index (χ2v) is 4.00. The molecule has 2 aromatic rings. The maximum atomic E-state index is 10.9. The maximum Gasteiger partial charge on any atom is 0.153 e. The molecule has 0 amide bonds. The third-order valence-corrected chi connectivity index (χ3v) is 2.90. The van der Waals surface area contributed by atoms with E-state index in [0.717, 1.165) is 17.5 Å². The van der Waals surface area contributed by atoms with Crippen molar-refractivity contribution in [3.05, 3.63) is 52.7 Å². The molecule has 1 aromatic carbocycles. The fraction of sp³-hybridized carbons (Fsp3) is 0.0769. The number of carbonyl (C=O) groups is 1. The number of hydrogen-bond acceptors (Lipinski definition) is 3. The number of anilines is 2. The maximum absolute atomic E-state index is 10.9. The van der Waals surface area contributed by atoms with E-state index in [4.69, 9.17) is 11.6 Å². The molecule has 0 saturated heterocycles. The normalized spacial score (nSPS) is 10.0. The topological polar surface area (TPSA) is 42.0 Å². The summed E-state index contributed by atoms with van der Waals surface area (Å²) in [6.45, 7) is 1.91. The highest BCUT2D eigenvalue weighted by atomic mass is 35.5. The lowest BCUT2D eigenvalue weighted by molar-refractivity contribution is 0.112. The number of aldehydes is 1. The first kappa shape index (κ1) is 11.6. The molecule has 0 aliphatic heterocycles. The lowest BCUT2D eigenvalue weighted by Gasteiger charge is -2.10. The van der Waals surface area contributed by atoms with Gasteiger partial charge in [0.15, 0.2) is 6.29 Å². The SMILES string of the molecule is Cc1c(Cl)cccc1Nc1ncccc1C=O. The molecule has 0 saturated carbocycles. The highest BCUT2D eigenvalue weighted by molar-refractivity contribution is 6.31. The number of pyridine rings is 1. The second-order valence-electron chi connectivity index (χ2n) is 3.60. The van der Waals surface area contributed by atoms with Gasteiger partial charge in [0.25, 0.3) is 0 Å². The highest BCUT2D eigenvalue weighted by Gasteiger charge is 2.06. The molecule has 0 atom stereocenters. The zero-order valence-electron chi connectivity index (χ0n) is 9.27. The highest BCUT2D eigenvalue weighted by Crippen LogP contribution is 2.26. The number of nitrogens with zero attached hydrogens (tertiary/aromatic N) is 1. The summed E-state index contributed by atoms with van der Waals surface area (Å²) in [5, 5.41) is 3.78. The van der Waals surface area contributed by atoms with Crippen LogP contribution in [0.25, 0.3) is 0 Å². The van der Waals surface area contributed by atoms with Gasteiger partial charge in [-0.15, -0.1) is 0 Å². The van der Waals surface area contributed by atoms with Gasteiger partial charge >= 0.3 is 0 Å². The van der Waals surface area contributed by atoms with Crippen LogP contribution in [0.15, 0.2) is 36.5 Å². The largest absolute Gasteiger partial charge is 0.339 e. The zero-order chi connectivity index (χ0) is 12.3. The molecule has 4 heteroatoms. The summed E-state index contributed by atoms with van der Waals surface area (Å²) >= 11 is 6.02. The Labute approximate surface area is 104 Å². The van der Waals surface area contributed by atoms with Crippen molar-refractivity contribution >= 4 is 29.4 Å². The summed E-state index contributed by atoms with van der Waals surface area (Å²) in [5.74, 6) is 0.535. The predicted octanol–water partition coefficient (Wildman–Crippen LogP) is 3.60. The number of hydrogen-bond donors (Lipinski definition) is 1. The average Bonchev–Trinajstić information content (AvgIpc) is 2.35. The fourth-order valence-electron chi connectivity index (χ4n) is 1.49. The molecule has 0 aliphatic rings. The Hall–Kier alpha value is -1.87. The van der Waals surface area contributed by atoms with Crippen molar-refractivity contribution in [1.29, 1.82) is 0 Å². The third kappa shape index (κ3) is 2.45. The third-order valence-electron chi connectivity index (χ3n) is 2.49. The average molecular weight is 247 g/mol. The Kier molecular flexibility index (Phi) is 3.40. The standard InChI is InChI=1S/C13H11ClN2O/c1-9-11(14)5-2-6-12(9)16-13-10(8-17)4-3-7-15-13/h2-8H,1H3,(H,15,16). The molecule has 86 valence electrons. The molecular weight excluding hydrogens is 236 g/mol. The van der Waals surface area contributed by atoms with Gasteiger partial charge < -0.3 is 5.32 Å². The molecular formula is C13H11ClN2O. The summed E-state index contributed by atoms with van der Waals surface area (Å²) in [7, 11) is 0. The molecule has 1 N–H and O–H groups in total. The smallest absolute Gasteiger partial charge is 0.153 e. The van der Waals surface area contributed by atoms with E-state index in [1.54, 1.807) is 18.3 Å². The van der Waals surface area contributed by atoms with E-state index in [0.29, 0.717) is 16.4 Å². The van der Waals surface area contributed by atoms with E-state index in [9.17, 15) is 4.79 Å². The fourth-order valence-corrected chi connectivity index (χ4v) is 1.66. The summed E-state index contributed by atoms with van der Waals surface area (Å²) in [4.78, 5) is 15.0. The lowest BCUT2D eigenvalue weighted by atomic mass is 10.2. The van der Waals surface area contributed by atoms with Gasteiger partial charge in [0.05, 0.1) is 5.56 Å². The van der Waals surface area contributed by atoms with Crippen LogP contribution < -0.4 is 5.32 Å². The molecule has 1 aromatic heterocycles. The monoisotopic (exact) mass is 246 g/mol.